The summed E-state index contributed by atoms with van der Waals surface area (Å²) in [7, 11) is 0. The van der Waals surface area contributed by atoms with Gasteiger partial charge in [0.2, 0.25) is 11.8 Å². The lowest BCUT2D eigenvalue weighted by Crippen LogP contribution is -2.46. The number of aryl methyl sites for hydroxylation is 1. The number of hydrogen-bond donors (Lipinski definition) is 3. The molecule has 2 amide bonds. The van der Waals surface area contributed by atoms with Gasteiger partial charge in [0.15, 0.2) is 5.82 Å². The Morgan fingerprint density at radius 1 is 1.42 bits per heavy atom. The molecule has 9 nitrogen and oxygen atoms in total. The maximum absolute atomic E-state index is 12.7. The molecule has 3 rings (SSSR count). The van der Waals surface area contributed by atoms with E-state index in [0.29, 0.717) is 36.5 Å². The molecule has 0 saturated heterocycles. The molecule has 1 aliphatic carbocycles. The van der Waals surface area contributed by atoms with Crippen molar-refractivity contribution in [2.24, 2.45) is 0 Å². The van der Waals surface area contributed by atoms with Crippen LogP contribution in [0.3, 0.4) is 0 Å². The number of alkyl halides is 3. The van der Waals surface area contributed by atoms with E-state index in [9.17, 15) is 27.9 Å². The summed E-state index contributed by atoms with van der Waals surface area (Å²) in [4.78, 5) is 28.7. The lowest BCUT2D eigenvalue weighted by molar-refractivity contribution is -0.145. The van der Waals surface area contributed by atoms with Crippen molar-refractivity contribution < 1.29 is 32.3 Å². The van der Waals surface area contributed by atoms with Gasteiger partial charge < -0.3 is 19.7 Å². The molecule has 2 heterocycles. The van der Waals surface area contributed by atoms with Gasteiger partial charge >= 0.3 is 12.3 Å². The second kappa shape index (κ2) is 8.98. The highest BCUT2D eigenvalue weighted by Gasteiger charge is 2.40. The van der Waals surface area contributed by atoms with Gasteiger partial charge in [0.1, 0.15) is 12.7 Å². The molecule has 2 aromatic heterocycles. The number of halogens is 3. The molecule has 12 heteroatoms. The van der Waals surface area contributed by atoms with Gasteiger partial charge in [0.05, 0.1) is 12.1 Å². The van der Waals surface area contributed by atoms with Crippen LogP contribution in [0.2, 0.25) is 0 Å². The Hall–Kier alpha value is -3.05. The van der Waals surface area contributed by atoms with Crippen LogP contribution in [0, 0.1) is 6.92 Å². The first-order chi connectivity index (χ1) is 14.5. The lowest BCUT2D eigenvalue weighted by atomic mass is 10.0. The number of carbonyl (C=O) groups excluding carboxylic acids is 1. The van der Waals surface area contributed by atoms with E-state index in [1.807, 2.05) is 0 Å². The van der Waals surface area contributed by atoms with Crippen LogP contribution in [0.4, 0.5) is 23.8 Å². The van der Waals surface area contributed by atoms with Gasteiger partial charge in [-0.2, -0.15) is 18.3 Å². The normalized spacial score (nSPS) is 19.9. The summed E-state index contributed by atoms with van der Waals surface area (Å²) in [5.74, 6) is 0.123. The molecule has 1 aliphatic rings. The highest BCUT2D eigenvalue weighted by atomic mass is 19.4. The van der Waals surface area contributed by atoms with E-state index >= 15 is 0 Å². The van der Waals surface area contributed by atoms with Crippen molar-refractivity contribution in [3.8, 4) is 0 Å². The third-order valence-corrected chi connectivity index (χ3v) is 5.30. The molecule has 0 spiro atoms. The molecule has 1 saturated carbocycles. The van der Waals surface area contributed by atoms with Crippen LogP contribution in [-0.2, 0) is 11.2 Å². The summed E-state index contributed by atoms with van der Waals surface area (Å²) in [5, 5.41) is 19.0. The molecule has 0 aromatic carbocycles. The zero-order valence-corrected chi connectivity index (χ0v) is 17.1. The fourth-order valence-electron chi connectivity index (χ4n) is 4.05. The zero-order valence-electron chi connectivity index (χ0n) is 17.1. The molecular formula is C19H24F3N5O4. The number of H-pyrrole nitrogens is 1. The molecule has 0 aliphatic heterocycles. The first kappa shape index (κ1) is 22.6. The monoisotopic (exact) mass is 443 g/mol. The van der Waals surface area contributed by atoms with Gasteiger partial charge in [-0.05, 0) is 33.1 Å². The van der Waals surface area contributed by atoms with Crippen molar-refractivity contribution in [1.29, 1.82) is 0 Å². The van der Waals surface area contributed by atoms with E-state index in [1.54, 1.807) is 13.0 Å². The summed E-state index contributed by atoms with van der Waals surface area (Å²) in [6.07, 6.45) is -4.17. The van der Waals surface area contributed by atoms with E-state index < -0.39 is 30.8 Å². The van der Waals surface area contributed by atoms with Crippen LogP contribution in [0.25, 0.3) is 0 Å². The van der Waals surface area contributed by atoms with Crippen LogP contribution in [0.5, 0.6) is 0 Å². The summed E-state index contributed by atoms with van der Waals surface area (Å²) in [6, 6.07) is -0.0399. The van der Waals surface area contributed by atoms with E-state index in [0.717, 1.165) is 4.90 Å². The average molecular weight is 443 g/mol. The van der Waals surface area contributed by atoms with Gasteiger partial charge in [-0.15, -0.1) is 0 Å². The summed E-state index contributed by atoms with van der Waals surface area (Å²) >= 11 is 0. The highest BCUT2D eigenvalue weighted by Crippen LogP contribution is 2.38. The van der Waals surface area contributed by atoms with Crippen molar-refractivity contribution in [3.05, 3.63) is 29.6 Å². The Morgan fingerprint density at radius 3 is 2.77 bits per heavy atom. The second-order valence-corrected chi connectivity index (χ2v) is 7.84. The van der Waals surface area contributed by atoms with E-state index in [2.05, 4.69) is 20.5 Å². The van der Waals surface area contributed by atoms with Crippen LogP contribution in [0.15, 0.2) is 16.7 Å². The first-order valence-corrected chi connectivity index (χ1v) is 9.86. The minimum absolute atomic E-state index is 0.0494. The zero-order chi connectivity index (χ0) is 22.8. The summed E-state index contributed by atoms with van der Waals surface area (Å²) in [5.41, 5.74) is 1.36. The highest BCUT2D eigenvalue weighted by molar-refractivity contribution is 5.90. The van der Waals surface area contributed by atoms with Crippen LogP contribution in [-0.4, -0.2) is 55.4 Å². The molecule has 31 heavy (non-hydrogen) atoms. The van der Waals surface area contributed by atoms with Crippen molar-refractivity contribution in [1.82, 2.24) is 20.1 Å². The average Bonchev–Trinajstić information content (AvgIpc) is 3.35. The number of oxazole rings is 1. The minimum atomic E-state index is -4.44. The SMILES string of the molecule is Cc1coc(CC(=O)Nc2cc([C@H]3CC[C@@H](N(C(=O)O)[C@H](C)CC(F)(F)F)C3)[nH]n2)n1. The number of rotatable bonds is 7. The van der Waals surface area contributed by atoms with Crippen molar-refractivity contribution in [3.63, 3.8) is 0 Å². The first-order valence-electron chi connectivity index (χ1n) is 9.86. The van der Waals surface area contributed by atoms with E-state index in [4.69, 9.17) is 4.42 Å². The van der Waals surface area contributed by atoms with Crippen molar-refractivity contribution in [2.75, 3.05) is 5.32 Å². The quantitative estimate of drug-likeness (QED) is 0.597. The van der Waals surface area contributed by atoms with Crippen molar-refractivity contribution in [2.45, 2.75) is 70.1 Å². The van der Waals surface area contributed by atoms with Crippen LogP contribution in [0.1, 0.15) is 55.8 Å². The number of aromatic amines is 1. The van der Waals surface area contributed by atoms with E-state index in [-0.39, 0.29) is 24.1 Å². The molecule has 1 fully saturated rings. The molecule has 0 radical (unpaired) electrons. The van der Waals surface area contributed by atoms with E-state index in [1.165, 1.54) is 13.2 Å². The summed E-state index contributed by atoms with van der Waals surface area (Å²) in [6.45, 7) is 3.02. The van der Waals surface area contributed by atoms with Crippen molar-refractivity contribution >= 4 is 17.8 Å². The number of nitrogens with one attached hydrogen (secondary N) is 2. The maximum Gasteiger partial charge on any atom is 0.407 e. The van der Waals surface area contributed by atoms with Gasteiger partial charge in [0, 0.05) is 29.8 Å². The molecule has 3 atom stereocenters. The second-order valence-electron chi connectivity index (χ2n) is 7.84. The molecule has 2 aromatic rings. The van der Waals surface area contributed by atoms with Gasteiger partial charge in [-0.25, -0.2) is 9.78 Å². The Morgan fingerprint density at radius 2 is 2.16 bits per heavy atom. The largest absolute Gasteiger partial charge is 0.465 e. The van der Waals surface area contributed by atoms with Gasteiger partial charge in [-0.3, -0.25) is 9.89 Å². The number of carbonyl (C=O) groups is 2. The molecule has 170 valence electrons. The minimum Gasteiger partial charge on any atom is -0.465 e. The third kappa shape index (κ3) is 5.98. The van der Waals surface area contributed by atoms with Crippen LogP contribution >= 0.6 is 0 Å². The molecule has 0 unspecified atom stereocenters. The number of aromatic nitrogens is 3. The predicted octanol–water partition coefficient (Wildman–Crippen LogP) is 3.84. The standard InChI is InChI=1S/C19H24F3N5O4/c1-10-9-31-17(23-10)7-16(28)24-15-6-14(25-26-15)12-3-4-13(5-12)27(18(29)30)11(2)8-19(20,21)22/h6,9,11-13H,3-5,7-8H2,1-2H3,(H,29,30)(H2,24,25,26,28)/t11-,12+,13-/m1/s1. The Bertz CT molecular complexity index is 926. The number of amides is 2. The van der Waals surface area contributed by atoms with Gasteiger partial charge in [0.25, 0.3) is 0 Å². The number of carboxylic acid groups (broad SMARTS) is 1. The number of anilines is 1. The van der Waals surface area contributed by atoms with Crippen LogP contribution < -0.4 is 5.32 Å². The lowest BCUT2D eigenvalue weighted by Gasteiger charge is -2.32. The Labute approximate surface area is 176 Å². The fourth-order valence-corrected chi connectivity index (χ4v) is 4.05. The smallest absolute Gasteiger partial charge is 0.407 e. The maximum atomic E-state index is 12.7. The van der Waals surface area contributed by atoms with Gasteiger partial charge in [-0.1, -0.05) is 0 Å². The predicted molar refractivity (Wildman–Crippen MR) is 103 cm³/mol. The Kier molecular flexibility index (Phi) is 6.56. The summed E-state index contributed by atoms with van der Waals surface area (Å²) < 4.78 is 43.3. The Balaban J connectivity index is 1.59. The number of hydrogen-bond acceptors (Lipinski definition) is 5. The topological polar surface area (TPSA) is 124 Å². The fraction of sp³-hybridized carbons (Fsp3) is 0.579. The molecule has 0 bridgehead atoms. The molecule has 3 N–H and O–H groups in total. The molecular weight excluding hydrogens is 419 g/mol. The number of nitrogens with zero attached hydrogens (tertiary/aromatic N) is 3. The third-order valence-electron chi connectivity index (χ3n) is 5.30.